The third kappa shape index (κ3) is 3.09. The largest absolute Gasteiger partial charge is 0.272 e. The van der Waals surface area contributed by atoms with Crippen LogP contribution in [0.1, 0.15) is 30.5 Å². The van der Waals surface area contributed by atoms with Crippen LogP contribution in [0.15, 0.2) is 30.6 Å². The summed E-state index contributed by atoms with van der Waals surface area (Å²) in [5.74, 6) is 5.65. The highest BCUT2D eigenvalue weighted by Crippen LogP contribution is 2.32. The van der Waals surface area contributed by atoms with Crippen molar-refractivity contribution >= 4 is 23.2 Å². The molecule has 0 fully saturated rings. The maximum atomic E-state index is 6.23. The standard InChI is InChI=1S/C13H16Cl2N4/c1-2-6-19-8-9(7-17-19)13(18-16)10-4-3-5-11(14)12(10)15/h3-5,7-8,13,18H,2,6,16H2,1H3. The average Bonchev–Trinajstić information content (AvgIpc) is 2.84. The molecule has 1 aromatic carbocycles. The molecule has 102 valence electrons. The Morgan fingerprint density at radius 3 is 2.89 bits per heavy atom. The van der Waals surface area contributed by atoms with E-state index in [-0.39, 0.29) is 6.04 Å². The molecular formula is C13H16Cl2N4. The van der Waals surface area contributed by atoms with E-state index in [0.717, 1.165) is 24.1 Å². The lowest BCUT2D eigenvalue weighted by Gasteiger charge is -2.16. The second-order valence-corrected chi connectivity index (χ2v) is 5.06. The van der Waals surface area contributed by atoms with Crippen LogP contribution < -0.4 is 11.3 Å². The molecule has 4 nitrogen and oxygen atoms in total. The van der Waals surface area contributed by atoms with Gasteiger partial charge in [-0.05, 0) is 18.1 Å². The number of hydrogen-bond donors (Lipinski definition) is 2. The van der Waals surface area contributed by atoms with E-state index in [4.69, 9.17) is 29.0 Å². The third-order valence-electron chi connectivity index (χ3n) is 2.90. The monoisotopic (exact) mass is 298 g/mol. The zero-order chi connectivity index (χ0) is 13.8. The van der Waals surface area contributed by atoms with Crippen molar-refractivity contribution in [1.29, 1.82) is 0 Å². The molecule has 0 aliphatic heterocycles. The lowest BCUT2D eigenvalue weighted by Crippen LogP contribution is -2.28. The zero-order valence-electron chi connectivity index (χ0n) is 10.6. The van der Waals surface area contributed by atoms with Crippen LogP contribution in [0.25, 0.3) is 0 Å². The molecule has 0 saturated heterocycles. The second kappa shape index (κ2) is 6.39. The molecule has 0 aliphatic carbocycles. The molecule has 2 aromatic rings. The van der Waals surface area contributed by atoms with Gasteiger partial charge in [0.1, 0.15) is 0 Å². The van der Waals surface area contributed by atoms with Crippen molar-refractivity contribution in [2.24, 2.45) is 5.84 Å². The number of hydrazine groups is 1. The normalized spacial score (nSPS) is 12.6. The van der Waals surface area contributed by atoms with E-state index >= 15 is 0 Å². The maximum absolute atomic E-state index is 6.23. The Morgan fingerprint density at radius 1 is 1.42 bits per heavy atom. The van der Waals surface area contributed by atoms with Gasteiger partial charge in [-0.2, -0.15) is 5.10 Å². The van der Waals surface area contributed by atoms with Crippen LogP contribution in [0.3, 0.4) is 0 Å². The van der Waals surface area contributed by atoms with Gasteiger partial charge in [0.25, 0.3) is 0 Å². The van der Waals surface area contributed by atoms with Crippen molar-refractivity contribution in [2.75, 3.05) is 0 Å². The van der Waals surface area contributed by atoms with E-state index in [9.17, 15) is 0 Å². The summed E-state index contributed by atoms with van der Waals surface area (Å²) in [7, 11) is 0. The van der Waals surface area contributed by atoms with Crippen molar-refractivity contribution in [2.45, 2.75) is 25.9 Å². The fourth-order valence-electron chi connectivity index (χ4n) is 1.99. The van der Waals surface area contributed by atoms with E-state index in [0.29, 0.717) is 10.0 Å². The van der Waals surface area contributed by atoms with Gasteiger partial charge in [0.2, 0.25) is 0 Å². The molecule has 0 spiro atoms. The quantitative estimate of drug-likeness (QED) is 0.658. The van der Waals surface area contributed by atoms with Crippen molar-refractivity contribution in [3.63, 3.8) is 0 Å². The number of nitrogens with zero attached hydrogens (tertiary/aromatic N) is 2. The van der Waals surface area contributed by atoms with E-state index < -0.39 is 0 Å². The molecule has 19 heavy (non-hydrogen) atoms. The van der Waals surface area contributed by atoms with Crippen molar-refractivity contribution in [1.82, 2.24) is 15.2 Å². The Bertz CT molecular complexity index is 553. The third-order valence-corrected chi connectivity index (χ3v) is 3.73. The molecule has 1 heterocycles. The minimum atomic E-state index is -0.225. The number of nitrogens with two attached hydrogens (primary N) is 1. The predicted molar refractivity (Wildman–Crippen MR) is 78.1 cm³/mol. The van der Waals surface area contributed by atoms with Crippen molar-refractivity contribution in [3.05, 3.63) is 51.8 Å². The molecular weight excluding hydrogens is 283 g/mol. The second-order valence-electron chi connectivity index (χ2n) is 4.28. The summed E-state index contributed by atoms with van der Waals surface area (Å²) >= 11 is 12.3. The number of hydrogen-bond acceptors (Lipinski definition) is 3. The predicted octanol–water partition coefficient (Wildman–Crippen LogP) is 3.15. The van der Waals surface area contributed by atoms with Gasteiger partial charge in [0.05, 0.1) is 22.3 Å². The molecule has 3 N–H and O–H groups in total. The van der Waals surface area contributed by atoms with E-state index in [1.165, 1.54) is 0 Å². The van der Waals surface area contributed by atoms with Crippen molar-refractivity contribution in [3.8, 4) is 0 Å². The van der Waals surface area contributed by atoms with Crippen LogP contribution >= 0.6 is 23.2 Å². The van der Waals surface area contributed by atoms with Gasteiger partial charge in [-0.1, -0.05) is 42.3 Å². The Kier molecular flexibility index (Phi) is 4.82. The molecule has 0 aliphatic rings. The van der Waals surface area contributed by atoms with Crippen LogP contribution in [-0.2, 0) is 6.54 Å². The first-order chi connectivity index (χ1) is 9.17. The Labute approximate surface area is 122 Å². The molecule has 1 aromatic heterocycles. The highest BCUT2D eigenvalue weighted by molar-refractivity contribution is 6.42. The maximum Gasteiger partial charge on any atom is 0.0755 e. The van der Waals surface area contributed by atoms with Gasteiger partial charge < -0.3 is 0 Å². The van der Waals surface area contributed by atoms with Gasteiger partial charge in [0, 0.05) is 18.3 Å². The molecule has 2 rings (SSSR count). The Balaban J connectivity index is 2.35. The average molecular weight is 299 g/mol. The number of benzene rings is 1. The Morgan fingerprint density at radius 2 is 2.21 bits per heavy atom. The van der Waals surface area contributed by atoms with Crippen LogP contribution in [0, 0.1) is 0 Å². The molecule has 1 atom stereocenters. The minimum Gasteiger partial charge on any atom is -0.272 e. The number of aromatic nitrogens is 2. The Hall–Kier alpha value is -1.07. The smallest absolute Gasteiger partial charge is 0.0755 e. The summed E-state index contributed by atoms with van der Waals surface area (Å²) in [4.78, 5) is 0. The minimum absolute atomic E-state index is 0.225. The van der Waals surface area contributed by atoms with Crippen LogP contribution in [0.2, 0.25) is 10.0 Å². The van der Waals surface area contributed by atoms with Gasteiger partial charge in [-0.3, -0.25) is 10.5 Å². The summed E-state index contributed by atoms with van der Waals surface area (Å²) in [5, 5.41) is 5.32. The summed E-state index contributed by atoms with van der Waals surface area (Å²) in [6.45, 7) is 2.98. The van der Waals surface area contributed by atoms with Crippen molar-refractivity contribution < 1.29 is 0 Å². The number of rotatable bonds is 5. The highest BCUT2D eigenvalue weighted by atomic mass is 35.5. The molecule has 0 saturated carbocycles. The molecule has 0 amide bonds. The van der Waals surface area contributed by atoms with Crippen LogP contribution in [-0.4, -0.2) is 9.78 Å². The van der Waals surface area contributed by atoms with Gasteiger partial charge in [-0.25, -0.2) is 5.43 Å². The van der Waals surface area contributed by atoms with Gasteiger partial charge in [0.15, 0.2) is 0 Å². The summed E-state index contributed by atoms with van der Waals surface area (Å²) in [6.07, 6.45) is 4.78. The fraction of sp³-hybridized carbons (Fsp3) is 0.308. The molecule has 6 heteroatoms. The molecule has 0 radical (unpaired) electrons. The first kappa shape index (κ1) is 14.3. The molecule has 0 bridgehead atoms. The lowest BCUT2D eigenvalue weighted by atomic mass is 10.0. The van der Waals surface area contributed by atoms with E-state index in [1.807, 2.05) is 23.0 Å². The first-order valence-corrected chi connectivity index (χ1v) is 6.85. The summed E-state index contributed by atoms with van der Waals surface area (Å²) < 4.78 is 1.89. The number of halogens is 2. The topological polar surface area (TPSA) is 55.9 Å². The van der Waals surface area contributed by atoms with Crippen LogP contribution in [0.5, 0.6) is 0 Å². The number of aryl methyl sites for hydroxylation is 1. The summed E-state index contributed by atoms with van der Waals surface area (Å²) in [5.41, 5.74) is 4.56. The van der Waals surface area contributed by atoms with Gasteiger partial charge >= 0.3 is 0 Å². The zero-order valence-corrected chi connectivity index (χ0v) is 12.1. The van der Waals surface area contributed by atoms with E-state index in [2.05, 4.69) is 17.4 Å². The fourth-order valence-corrected chi connectivity index (χ4v) is 2.41. The first-order valence-electron chi connectivity index (χ1n) is 6.09. The van der Waals surface area contributed by atoms with Gasteiger partial charge in [-0.15, -0.1) is 0 Å². The van der Waals surface area contributed by atoms with Crippen LogP contribution in [0.4, 0.5) is 0 Å². The summed E-state index contributed by atoms with van der Waals surface area (Å²) in [6, 6.07) is 5.28. The highest BCUT2D eigenvalue weighted by Gasteiger charge is 2.18. The van der Waals surface area contributed by atoms with E-state index in [1.54, 1.807) is 12.3 Å². The number of nitrogens with one attached hydrogen (secondary N) is 1. The SMILES string of the molecule is CCCn1cc(C(NN)c2cccc(Cl)c2Cl)cn1. The lowest BCUT2D eigenvalue weighted by molar-refractivity contribution is 0.598. The molecule has 1 unspecified atom stereocenters.